The van der Waals surface area contributed by atoms with E-state index in [-0.39, 0.29) is 17.7 Å². The maximum atomic E-state index is 12.9. The minimum atomic E-state index is 0.0799. The lowest BCUT2D eigenvalue weighted by atomic mass is 10.0. The van der Waals surface area contributed by atoms with Crippen LogP contribution in [0.1, 0.15) is 42.4 Å². The van der Waals surface area contributed by atoms with Gasteiger partial charge >= 0.3 is 0 Å². The quantitative estimate of drug-likeness (QED) is 0.846. The maximum absolute atomic E-state index is 12.9. The number of anilines is 1. The average molecular weight is 408 g/mol. The Morgan fingerprint density at radius 1 is 1.07 bits per heavy atom. The molecule has 2 amide bonds. The van der Waals surface area contributed by atoms with E-state index in [0.29, 0.717) is 17.5 Å². The van der Waals surface area contributed by atoms with E-state index < -0.39 is 0 Å². The SMILES string of the molecule is C[C@@H]1C[C@H]1C(=O)Nc1ccc(C(=O)N2CCC(N3CCn4ccnc4C3)CC2)cc1. The molecule has 158 valence electrons. The summed E-state index contributed by atoms with van der Waals surface area (Å²) >= 11 is 0. The van der Waals surface area contributed by atoms with Crippen molar-refractivity contribution in [3.63, 3.8) is 0 Å². The number of nitrogens with zero attached hydrogens (tertiary/aromatic N) is 4. The topological polar surface area (TPSA) is 70.5 Å². The van der Waals surface area contributed by atoms with E-state index in [1.165, 1.54) is 0 Å². The summed E-state index contributed by atoms with van der Waals surface area (Å²) in [6.07, 6.45) is 6.90. The molecule has 2 aliphatic heterocycles. The number of likely N-dealkylation sites (tertiary alicyclic amines) is 1. The number of hydrogen-bond donors (Lipinski definition) is 1. The van der Waals surface area contributed by atoms with E-state index in [0.717, 1.165) is 63.5 Å². The van der Waals surface area contributed by atoms with Gasteiger partial charge in [-0.05, 0) is 49.4 Å². The fourth-order valence-electron chi connectivity index (χ4n) is 4.74. The first-order chi connectivity index (χ1) is 14.6. The number of piperidine rings is 1. The molecule has 0 radical (unpaired) electrons. The van der Waals surface area contributed by atoms with E-state index >= 15 is 0 Å². The van der Waals surface area contributed by atoms with Crippen LogP contribution in [-0.2, 0) is 17.9 Å². The highest BCUT2D eigenvalue weighted by Crippen LogP contribution is 2.38. The van der Waals surface area contributed by atoms with Crippen LogP contribution in [0.4, 0.5) is 5.69 Å². The van der Waals surface area contributed by atoms with Crippen LogP contribution in [-0.4, -0.2) is 56.8 Å². The van der Waals surface area contributed by atoms with Crippen LogP contribution in [0.5, 0.6) is 0 Å². The number of amides is 2. The van der Waals surface area contributed by atoms with Crippen LogP contribution < -0.4 is 5.32 Å². The molecule has 1 saturated carbocycles. The van der Waals surface area contributed by atoms with Gasteiger partial charge in [0, 0.05) is 61.8 Å². The summed E-state index contributed by atoms with van der Waals surface area (Å²) in [4.78, 5) is 33.9. The van der Waals surface area contributed by atoms with Crippen LogP contribution in [0.15, 0.2) is 36.7 Å². The minimum absolute atomic E-state index is 0.0799. The number of aromatic nitrogens is 2. The Morgan fingerprint density at radius 2 is 1.80 bits per heavy atom. The number of benzene rings is 1. The molecule has 7 heteroatoms. The van der Waals surface area contributed by atoms with Crippen molar-refractivity contribution in [3.8, 4) is 0 Å². The molecule has 2 fully saturated rings. The summed E-state index contributed by atoms with van der Waals surface area (Å²) in [6, 6.07) is 7.83. The summed E-state index contributed by atoms with van der Waals surface area (Å²) in [6.45, 7) is 6.61. The second-order valence-corrected chi connectivity index (χ2v) is 8.92. The van der Waals surface area contributed by atoms with Crippen LogP contribution in [0, 0.1) is 11.8 Å². The second kappa shape index (κ2) is 7.87. The Kier molecular flexibility index (Phi) is 5.06. The molecule has 1 N–H and O–H groups in total. The van der Waals surface area contributed by atoms with Gasteiger partial charge in [-0.3, -0.25) is 14.5 Å². The van der Waals surface area contributed by atoms with E-state index in [1.54, 1.807) is 0 Å². The first-order valence-electron chi connectivity index (χ1n) is 11.0. The lowest BCUT2D eigenvalue weighted by Gasteiger charge is -2.40. The molecule has 2 aromatic rings. The third kappa shape index (κ3) is 3.86. The van der Waals surface area contributed by atoms with Crippen molar-refractivity contribution in [1.82, 2.24) is 19.4 Å². The van der Waals surface area contributed by atoms with Gasteiger partial charge < -0.3 is 14.8 Å². The Balaban J connectivity index is 1.13. The Hall–Kier alpha value is -2.67. The van der Waals surface area contributed by atoms with Crippen LogP contribution in [0.2, 0.25) is 0 Å². The fourth-order valence-corrected chi connectivity index (χ4v) is 4.74. The molecular weight excluding hydrogens is 378 g/mol. The molecule has 7 nitrogen and oxygen atoms in total. The molecule has 2 atom stereocenters. The lowest BCUT2D eigenvalue weighted by molar-refractivity contribution is -0.117. The zero-order valence-corrected chi connectivity index (χ0v) is 17.5. The average Bonchev–Trinajstić information content (AvgIpc) is 3.33. The molecule has 30 heavy (non-hydrogen) atoms. The maximum Gasteiger partial charge on any atom is 0.253 e. The summed E-state index contributed by atoms with van der Waals surface area (Å²) in [5, 5.41) is 2.95. The van der Waals surface area contributed by atoms with Gasteiger partial charge in [0.2, 0.25) is 5.91 Å². The first kappa shape index (κ1) is 19.3. The zero-order valence-electron chi connectivity index (χ0n) is 17.5. The van der Waals surface area contributed by atoms with Crippen molar-refractivity contribution in [3.05, 3.63) is 48.0 Å². The standard InChI is InChI=1S/C23H29N5O2/c1-16-14-20(16)22(29)25-18-4-2-17(3-5-18)23(30)27-9-6-19(7-10-27)28-13-12-26-11-8-24-21(26)15-28/h2-5,8,11,16,19-20H,6-7,9-10,12-15H2,1H3,(H,25,29)/t16-,20-/m1/s1. The molecule has 3 aliphatic rings. The predicted molar refractivity (Wildman–Crippen MR) is 114 cm³/mol. The number of carbonyl (C=O) groups excluding carboxylic acids is 2. The van der Waals surface area contributed by atoms with Gasteiger partial charge in [-0.15, -0.1) is 0 Å². The van der Waals surface area contributed by atoms with Gasteiger partial charge in [-0.2, -0.15) is 0 Å². The van der Waals surface area contributed by atoms with Crippen molar-refractivity contribution in [2.75, 3.05) is 25.0 Å². The van der Waals surface area contributed by atoms with Crippen molar-refractivity contribution in [2.45, 2.75) is 45.3 Å². The van der Waals surface area contributed by atoms with E-state index in [4.69, 9.17) is 0 Å². The van der Waals surface area contributed by atoms with E-state index in [1.807, 2.05) is 35.4 Å². The highest BCUT2D eigenvalue weighted by molar-refractivity contribution is 5.97. The van der Waals surface area contributed by atoms with Gasteiger partial charge in [0.05, 0.1) is 6.54 Å². The largest absolute Gasteiger partial charge is 0.339 e. The molecule has 1 aliphatic carbocycles. The smallest absolute Gasteiger partial charge is 0.253 e. The molecule has 1 saturated heterocycles. The molecule has 0 spiro atoms. The number of carbonyl (C=O) groups is 2. The normalized spacial score (nSPS) is 24.4. The Bertz CT molecular complexity index is 929. The lowest BCUT2D eigenvalue weighted by Crippen LogP contribution is -2.48. The molecule has 0 bridgehead atoms. The first-order valence-corrected chi connectivity index (χ1v) is 11.0. The van der Waals surface area contributed by atoms with Crippen LogP contribution in [0.3, 0.4) is 0 Å². The van der Waals surface area contributed by atoms with Gasteiger partial charge in [-0.1, -0.05) is 6.92 Å². The summed E-state index contributed by atoms with van der Waals surface area (Å²) in [5.41, 5.74) is 1.45. The number of hydrogen-bond acceptors (Lipinski definition) is 4. The summed E-state index contributed by atoms with van der Waals surface area (Å²) in [7, 11) is 0. The van der Waals surface area contributed by atoms with Crippen molar-refractivity contribution in [1.29, 1.82) is 0 Å². The van der Waals surface area contributed by atoms with Gasteiger partial charge in [0.15, 0.2) is 0 Å². The number of nitrogens with one attached hydrogen (secondary N) is 1. The Labute approximate surface area is 177 Å². The molecule has 0 unspecified atom stereocenters. The highest BCUT2D eigenvalue weighted by atomic mass is 16.2. The highest BCUT2D eigenvalue weighted by Gasteiger charge is 2.39. The molecular formula is C23H29N5O2. The molecule has 1 aromatic carbocycles. The zero-order chi connectivity index (χ0) is 20.7. The number of fused-ring (bicyclic) bond motifs is 1. The summed E-state index contributed by atoms with van der Waals surface area (Å²) in [5.74, 6) is 1.94. The second-order valence-electron chi connectivity index (χ2n) is 8.92. The van der Waals surface area contributed by atoms with E-state index in [9.17, 15) is 9.59 Å². The van der Waals surface area contributed by atoms with Crippen molar-refractivity contribution in [2.24, 2.45) is 11.8 Å². The van der Waals surface area contributed by atoms with Crippen molar-refractivity contribution < 1.29 is 9.59 Å². The summed E-state index contributed by atoms with van der Waals surface area (Å²) < 4.78 is 2.23. The molecule has 3 heterocycles. The third-order valence-corrected chi connectivity index (χ3v) is 6.89. The number of rotatable bonds is 4. The fraction of sp³-hybridized carbons (Fsp3) is 0.522. The molecule has 5 rings (SSSR count). The van der Waals surface area contributed by atoms with Gasteiger partial charge in [0.1, 0.15) is 5.82 Å². The van der Waals surface area contributed by atoms with Gasteiger partial charge in [0.25, 0.3) is 5.91 Å². The van der Waals surface area contributed by atoms with Crippen LogP contribution >= 0.6 is 0 Å². The molecule has 1 aromatic heterocycles. The minimum Gasteiger partial charge on any atom is -0.339 e. The monoisotopic (exact) mass is 407 g/mol. The van der Waals surface area contributed by atoms with E-state index in [2.05, 4.69) is 32.9 Å². The van der Waals surface area contributed by atoms with Gasteiger partial charge in [-0.25, -0.2) is 4.98 Å². The third-order valence-electron chi connectivity index (χ3n) is 6.89. The van der Waals surface area contributed by atoms with Crippen LogP contribution in [0.25, 0.3) is 0 Å². The van der Waals surface area contributed by atoms with Crippen molar-refractivity contribution >= 4 is 17.5 Å². The Morgan fingerprint density at radius 3 is 2.50 bits per heavy atom. The number of imidazole rings is 1. The predicted octanol–water partition coefficient (Wildman–Crippen LogP) is 2.60.